The molecule has 1 heterocycles. The minimum absolute atomic E-state index is 0.294. The molecule has 27 heavy (non-hydrogen) atoms. The summed E-state index contributed by atoms with van der Waals surface area (Å²) in [6.45, 7) is 2.50. The van der Waals surface area contributed by atoms with E-state index in [0.29, 0.717) is 23.6 Å². The van der Waals surface area contributed by atoms with Gasteiger partial charge in [-0.3, -0.25) is 0 Å². The van der Waals surface area contributed by atoms with E-state index in [1.165, 1.54) is 5.56 Å². The zero-order valence-electron chi connectivity index (χ0n) is 15.7. The van der Waals surface area contributed by atoms with E-state index in [1.807, 2.05) is 47.9 Å². The number of carbonyl (C=O) groups is 1. The van der Waals surface area contributed by atoms with Gasteiger partial charge in [0.25, 0.3) is 0 Å². The van der Waals surface area contributed by atoms with E-state index >= 15 is 0 Å². The number of carboxylic acids is 1. The fraction of sp³-hybridized carbons (Fsp3) is 0.227. The van der Waals surface area contributed by atoms with E-state index in [4.69, 9.17) is 9.47 Å². The second kappa shape index (κ2) is 7.99. The van der Waals surface area contributed by atoms with Crippen LogP contribution in [0.1, 0.15) is 21.6 Å². The van der Waals surface area contributed by atoms with Crippen LogP contribution in [0.2, 0.25) is 0 Å². The first-order chi connectivity index (χ1) is 13.0. The second-order valence-corrected chi connectivity index (χ2v) is 6.29. The van der Waals surface area contributed by atoms with Gasteiger partial charge in [-0.05, 0) is 43.2 Å². The Hall–Kier alpha value is -3.21. The van der Waals surface area contributed by atoms with Crippen molar-refractivity contribution < 1.29 is 19.4 Å². The van der Waals surface area contributed by atoms with Crippen molar-refractivity contribution in [3.05, 3.63) is 71.4 Å². The van der Waals surface area contributed by atoms with E-state index in [0.717, 1.165) is 23.4 Å². The monoisotopic (exact) mass is 365 g/mol. The number of hydrogen-bond donors (Lipinski definition) is 1. The Morgan fingerprint density at radius 3 is 2.41 bits per heavy atom. The van der Waals surface area contributed by atoms with E-state index < -0.39 is 5.97 Å². The molecule has 0 atom stereocenters. The molecule has 0 saturated carbocycles. The van der Waals surface area contributed by atoms with Crippen molar-refractivity contribution in [2.75, 3.05) is 14.2 Å². The molecule has 3 aromatic rings. The molecule has 0 radical (unpaired) electrons. The number of aromatic carboxylic acids is 1. The highest BCUT2D eigenvalue weighted by molar-refractivity contribution is 5.91. The van der Waals surface area contributed by atoms with Gasteiger partial charge in [0.05, 0.1) is 25.5 Å². The van der Waals surface area contributed by atoms with Gasteiger partial charge in [0.15, 0.2) is 0 Å². The first-order valence-corrected chi connectivity index (χ1v) is 8.75. The smallest absolute Gasteiger partial charge is 0.337 e. The highest BCUT2D eigenvalue weighted by atomic mass is 16.5. The Bertz CT molecular complexity index is 944. The Balaban J connectivity index is 2.09. The van der Waals surface area contributed by atoms with E-state index in [-0.39, 0.29) is 0 Å². The van der Waals surface area contributed by atoms with Gasteiger partial charge in [-0.1, -0.05) is 30.3 Å². The molecule has 0 aliphatic rings. The highest BCUT2D eigenvalue weighted by Gasteiger charge is 2.20. The first kappa shape index (κ1) is 18.6. The van der Waals surface area contributed by atoms with Crippen molar-refractivity contribution in [3.8, 4) is 22.8 Å². The van der Waals surface area contributed by atoms with Crippen LogP contribution in [-0.4, -0.2) is 29.9 Å². The number of hydrogen-bond acceptors (Lipinski definition) is 3. The summed E-state index contributed by atoms with van der Waals surface area (Å²) in [6, 6.07) is 17.4. The molecule has 0 unspecified atom stereocenters. The topological polar surface area (TPSA) is 60.7 Å². The van der Waals surface area contributed by atoms with E-state index in [1.54, 1.807) is 20.3 Å². The number of carboxylic acid groups (broad SMARTS) is 1. The van der Waals surface area contributed by atoms with Crippen LogP contribution < -0.4 is 9.47 Å². The number of aromatic nitrogens is 1. The Morgan fingerprint density at radius 1 is 1.04 bits per heavy atom. The quantitative estimate of drug-likeness (QED) is 0.673. The molecule has 5 heteroatoms. The summed E-state index contributed by atoms with van der Waals surface area (Å²) in [7, 11) is 3.21. The van der Waals surface area contributed by atoms with Gasteiger partial charge in [0.1, 0.15) is 11.5 Å². The molecule has 0 aliphatic heterocycles. The van der Waals surface area contributed by atoms with Crippen LogP contribution in [0.3, 0.4) is 0 Å². The fourth-order valence-corrected chi connectivity index (χ4v) is 3.27. The molecule has 0 fully saturated rings. The van der Waals surface area contributed by atoms with Crippen LogP contribution in [-0.2, 0) is 13.0 Å². The number of rotatable bonds is 7. The Kier molecular flexibility index (Phi) is 5.50. The van der Waals surface area contributed by atoms with E-state index in [2.05, 4.69) is 12.1 Å². The molecule has 0 aliphatic carbocycles. The first-order valence-electron chi connectivity index (χ1n) is 8.75. The van der Waals surface area contributed by atoms with Crippen molar-refractivity contribution in [3.63, 3.8) is 0 Å². The zero-order chi connectivity index (χ0) is 19.4. The maximum absolute atomic E-state index is 11.7. The van der Waals surface area contributed by atoms with Crippen molar-refractivity contribution in [2.24, 2.45) is 0 Å². The van der Waals surface area contributed by atoms with Gasteiger partial charge >= 0.3 is 5.97 Å². The molecule has 0 spiro atoms. The number of aryl methyl sites for hydroxylation is 1. The number of nitrogens with zero attached hydrogens (tertiary/aromatic N) is 1. The maximum Gasteiger partial charge on any atom is 0.337 e. The Morgan fingerprint density at radius 2 is 1.78 bits per heavy atom. The van der Waals surface area contributed by atoms with Gasteiger partial charge in [0.2, 0.25) is 0 Å². The van der Waals surface area contributed by atoms with Crippen molar-refractivity contribution >= 4 is 5.97 Å². The predicted octanol–water partition coefficient (Wildman–Crippen LogP) is 4.42. The standard InChI is InChI=1S/C22H23NO4/c1-15-18(22(24)25)14-20(19-13-17(26-2)9-10-21(19)27-3)23(15)12-11-16-7-5-4-6-8-16/h4-10,13-14H,11-12H2,1-3H3,(H,24,25). The summed E-state index contributed by atoms with van der Waals surface area (Å²) in [4.78, 5) is 11.7. The van der Waals surface area contributed by atoms with Crippen LogP contribution in [0.4, 0.5) is 0 Å². The van der Waals surface area contributed by atoms with Crippen molar-refractivity contribution in [2.45, 2.75) is 19.9 Å². The lowest BCUT2D eigenvalue weighted by molar-refractivity contribution is 0.0696. The predicted molar refractivity (Wildman–Crippen MR) is 105 cm³/mol. The molecule has 140 valence electrons. The summed E-state index contributed by atoms with van der Waals surface area (Å²) in [5, 5.41) is 9.59. The maximum atomic E-state index is 11.7. The van der Waals surface area contributed by atoms with E-state index in [9.17, 15) is 9.90 Å². The van der Waals surface area contributed by atoms with Crippen LogP contribution in [0.25, 0.3) is 11.3 Å². The number of benzene rings is 2. The molecule has 1 aromatic heterocycles. The molecule has 0 saturated heterocycles. The summed E-state index contributed by atoms with van der Waals surface area (Å²) in [6.07, 6.45) is 0.800. The summed E-state index contributed by atoms with van der Waals surface area (Å²) in [5.74, 6) is 0.427. The average molecular weight is 365 g/mol. The van der Waals surface area contributed by atoms with Crippen molar-refractivity contribution in [1.82, 2.24) is 4.57 Å². The Labute approximate surface area is 158 Å². The van der Waals surface area contributed by atoms with Gasteiger partial charge in [0, 0.05) is 17.8 Å². The third-order valence-electron chi connectivity index (χ3n) is 4.75. The van der Waals surface area contributed by atoms with Crippen LogP contribution in [0.15, 0.2) is 54.6 Å². The average Bonchev–Trinajstić information content (AvgIpc) is 3.03. The number of ether oxygens (including phenoxy) is 2. The largest absolute Gasteiger partial charge is 0.497 e. The summed E-state index contributed by atoms with van der Waals surface area (Å²) < 4.78 is 12.9. The molecule has 5 nitrogen and oxygen atoms in total. The lowest BCUT2D eigenvalue weighted by atomic mass is 10.1. The zero-order valence-corrected chi connectivity index (χ0v) is 15.7. The molecule has 2 aromatic carbocycles. The van der Waals surface area contributed by atoms with Crippen LogP contribution >= 0.6 is 0 Å². The van der Waals surface area contributed by atoms with Crippen LogP contribution in [0, 0.1) is 6.92 Å². The molecule has 3 rings (SSSR count). The highest BCUT2D eigenvalue weighted by Crippen LogP contribution is 2.36. The van der Waals surface area contributed by atoms with Gasteiger partial charge in [-0.2, -0.15) is 0 Å². The molecular formula is C22H23NO4. The van der Waals surface area contributed by atoms with Crippen LogP contribution in [0.5, 0.6) is 11.5 Å². The summed E-state index contributed by atoms with van der Waals surface area (Å²) >= 11 is 0. The normalized spacial score (nSPS) is 10.6. The third-order valence-corrected chi connectivity index (χ3v) is 4.75. The molecule has 0 bridgehead atoms. The van der Waals surface area contributed by atoms with Crippen molar-refractivity contribution in [1.29, 1.82) is 0 Å². The van der Waals surface area contributed by atoms with Gasteiger partial charge in [-0.25, -0.2) is 4.79 Å². The second-order valence-electron chi connectivity index (χ2n) is 6.29. The molecule has 0 amide bonds. The fourth-order valence-electron chi connectivity index (χ4n) is 3.27. The lowest BCUT2D eigenvalue weighted by Gasteiger charge is -2.15. The SMILES string of the molecule is COc1ccc(OC)c(-c2cc(C(=O)O)c(C)n2CCc2ccccc2)c1. The van der Waals surface area contributed by atoms with Gasteiger partial charge < -0.3 is 19.1 Å². The minimum Gasteiger partial charge on any atom is -0.497 e. The van der Waals surface area contributed by atoms with Gasteiger partial charge in [-0.15, -0.1) is 0 Å². The molecular weight excluding hydrogens is 342 g/mol. The molecule has 1 N–H and O–H groups in total. The summed E-state index contributed by atoms with van der Waals surface area (Å²) in [5.41, 5.74) is 3.82. The lowest BCUT2D eigenvalue weighted by Crippen LogP contribution is -2.07. The third kappa shape index (κ3) is 3.82. The minimum atomic E-state index is -0.936. The number of methoxy groups -OCH3 is 2.